The van der Waals surface area contributed by atoms with Crippen molar-refractivity contribution in [3.63, 3.8) is 0 Å². The Bertz CT molecular complexity index is 1770. The first-order valence-corrected chi connectivity index (χ1v) is 14.6. The van der Waals surface area contributed by atoms with E-state index in [-0.39, 0.29) is 65.9 Å². The lowest BCUT2D eigenvalue weighted by Gasteiger charge is -2.14. The van der Waals surface area contributed by atoms with Crippen LogP contribution in [0.1, 0.15) is 49.9 Å². The molecular formula is C31H32N8O9. The van der Waals surface area contributed by atoms with Gasteiger partial charge in [-0.25, -0.2) is 19.7 Å². The molecule has 0 spiro atoms. The summed E-state index contributed by atoms with van der Waals surface area (Å²) in [7, 11) is 0. The normalized spacial score (nSPS) is 10.5. The molecule has 3 heterocycles. The average molecular weight is 661 g/mol. The molecule has 4 rings (SSSR count). The number of hydrogen-bond acceptors (Lipinski definition) is 13. The molecule has 17 nitrogen and oxygen atoms in total. The Morgan fingerprint density at radius 3 is 1.73 bits per heavy atom. The number of carboxylic acid groups (broad SMARTS) is 1. The highest BCUT2D eigenvalue weighted by molar-refractivity contribution is 6.06. The highest BCUT2D eigenvalue weighted by atomic mass is 16.6. The number of carbonyl (C=O) groups excluding carboxylic acids is 2. The van der Waals surface area contributed by atoms with Gasteiger partial charge in [0.25, 0.3) is 17.7 Å². The van der Waals surface area contributed by atoms with Crippen molar-refractivity contribution >= 4 is 34.8 Å². The third-order valence-corrected chi connectivity index (χ3v) is 6.33. The number of amides is 2. The molecule has 0 unspecified atom stereocenters. The van der Waals surface area contributed by atoms with Gasteiger partial charge in [0.15, 0.2) is 5.69 Å². The van der Waals surface area contributed by atoms with Crippen LogP contribution in [0.2, 0.25) is 0 Å². The van der Waals surface area contributed by atoms with Gasteiger partial charge in [0, 0.05) is 6.07 Å². The quantitative estimate of drug-likeness (QED) is 0.0620. The molecule has 0 radical (unpaired) electrons. The largest absolute Gasteiger partial charge is 0.477 e. The number of aromatic nitrogens is 3. The van der Waals surface area contributed by atoms with Crippen molar-refractivity contribution in [1.82, 2.24) is 15.0 Å². The molecule has 48 heavy (non-hydrogen) atoms. The first-order valence-electron chi connectivity index (χ1n) is 14.6. The summed E-state index contributed by atoms with van der Waals surface area (Å²) in [6.07, 6.45) is 0.893. The Balaban J connectivity index is 1.56. The second-order valence-electron chi connectivity index (χ2n) is 9.85. The van der Waals surface area contributed by atoms with Crippen molar-refractivity contribution in [2.24, 2.45) is 11.5 Å². The molecule has 3 aromatic heterocycles. The summed E-state index contributed by atoms with van der Waals surface area (Å²) in [6, 6.07) is 16.4. The number of nitrogens with one attached hydrogen (secondary N) is 2. The van der Waals surface area contributed by atoms with E-state index >= 15 is 0 Å². The minimum Gasteiger partial charge on any atom is -0.477 e. The van der Waals surface area contributed by atoms with E-state index in [0.717, 1.165) is 11.6 Å². The van der Waals surface area contributed by atoms with Crippen LogP contribution in [0.4, 0.5) is 17.1 Å². The van der Waals surface area contributed by atoms with Gasteiger partial charge in [-0.2, -0.15) is 0 Å². The summed E-state index contributed by atoms with van der Waals surface area (Å²) < 4.78 is 16.8. The maximum Gasteiger partial charge on any atom is 0.354 e. The number of nitrogens with zero attached hydrogens (tertiary/aromatic N) is 4. The molecule has 0 saturated carbocycles. The molecular weight excluding hydrogens is 628 g/mol. The SMILES string of the molecule is NCCCOc1nc(C(=O)O)ccc1NC(=O)c1ccc(NC(=O)c2ccc([N+](=O)[O-])c(OCc3ccccc3)n2)c(OCCCN)n1. The summed E-state index contributed by atoms with van der Waals surface area (Å²) in [4.78, 5) is 61.0. The summed E-state index contributed by atoms with van der Waals surface area (Å²) in [5, 5.41) is 26.1. The van der Waals surface area contributed by atoms with Gasteiger partial charge in [-0.3, -0.25) is 19.7 Å². The fourth-order valence-electron chi connectivity index (χ4n) is 3.94. The summed E-state index contributed by atoms with van der Waals surface area (Å²) >= 11 is 0. The third-order valence-electron chi connectivity index (χ3n) is 6.33. The Kier molecular flexibility index (Phi) is 12.2. The van der Waals surface area contributed by atoms with E-state index < -0.39 is 28.4 Å². The van der Waals surface area contributed by atoms with Gasteiger partial charge in [0.1, 0.15) is 29.4 Å². The molecule has 250 valence electrons. The molecule has 0 saturated heterocycles. The summed E-state index contributed by atoms with van der Waals surface area (Å²) in [5.41, 5.74) is 10.9. The lowest BCUT2D eigenvalue weighted by molar-refractivity contribution is -0.386. The van der Waals surface area contributed by atoms with Crippen LogP contribution in [0.25, 0.3) is 0 Å². The molecule has 1 aromatic carbocycles. The number of pyridine rings is 3. The maximum atomic E-state index is 13.2. The fraction of sp³-hybridized carbons (Fsp3) is 0.226. The van der Waals surface area contributed by atoms with Crippen LogP contribution < -0.4 is 36.3 Å². The summed E-state index contributed by atoms with van der Waals surface area (Å²) in [5.74, 6) is -3.36. The fourth-order valence-corrected chi connectivity index (χ4v) is 3.94. The first kappa shape index (κ1) is 34.7. The third kappa shape index (κ3) is 9.41. The van der Waals surface area contributed by atoms with Crippen LogP contribution in [-0.4, -0.2) is 69.1 Å². The predicted octanol–water partition coefficient (Wildman–Crippen LogP) is 3.02. The molecule has 4 aromatic rings. The van der Waals surface area contributed by atoms with Gasteiger partial charge in [-0.05, 0) is 61.8 Å². The number of rotatable bonds is 17. The average Bonchev–Trinajstić information content (AvgIpc) is 3.08. The van der Waals surface area contributed by atoms with Gasteiger partial charge in [-0.15, -0.1) is 0 Å². The zero-order chi connectivity index (χ0) is 34.5. The molecule has 0 aliphatic carbocycles. The zero-order valence-corrected chi connectivity index (χ0v) is 25.5. The van der Waals surface area contributed by atoms with Crippen LogP contribution in [0.15, 0.2) is 66.7 Å². The van der Waals surface area contributed by atoms with Crippen molar-refractivity contribution in [3.05, 3.63) is 99.5 Å². The second kappa shape index (κ2) is 16.9. The molecule has 0 aliphatic heterocycles. The highest BCUT2D eigenvalue weighted by Crippen LogP contribution is 2.28. The van der Waals surface area contributed by atoms with Gasteiger partial charge >= 0.3 is 11.7 Å². The zero-order valence-electron chi connectivity index (χ0n) is 25.5. The van der Waals surface area contributed by atoms with E-state index in [4.69, 9.17) is 25.7 Å². The number of carbonyl (C=O) groups is 3. The first-order chi connectivity index (χ1) is 23.2. The van der Waals surface area contributed by atoms with Crippen LogP contribution in [0, 0.1) is 10.1 Å². The van der Waals surface area contributed by atoms with Gasteiger partial charge in [0.05, 0.1) is 18.1 Å². The van der Waals surface area contributed by atoms with Crippen LogP contribution in [0.3, 0.4) is 0 Å². The number of aromatic carboxylic acids is 1. The number of hydrogen-bond donors (Lipinski definition) is 5. The second-order valence-corrected chi connectivity index (χ2v) is 9.85. The Labute approximate surface area is 273 Å². The minimum absolute atomic E-state index is 0.0204. The Morgan fingerprint density at radius 2 is 1.21 bits per heavy atom. The highest BCUT2D eigenvalue weighted by Gasteiger charge is 2.23. The van der Waals surface area contributed by atoms with Crippen molar-refractivity contribution < 1.29 is 38.6 Å². The van der Waals surface area contributed by atoms with E-state index in [1.54, 1.807) is 24.3 Å². The topological polar surface area (TPSA) is 257 Å². The maximum absolute atomic E-state index is 13.2. The molecule has 7 N–H and O–H groups in total. The standard InChI is InChI=1S/C31H32N8O9/c32-14-4-16-46-28-22(34-27(41)21-12-13-25(39(44)45)30(37-21)48-18-19-6-2-1-3-7-19)9-8-20(36-28)26(40)35-23-10-11-24(31(42)43)38-29(23)47-17-5-15-33/h1-3,6-13H,4-5,14-18,32-33H2,(H,34,41)(H,35,40)(H,42,43). The number of nitro groups is 1. The Morgan fingerprint density at radius 1 is 0.708 bits per heavy atom. The van der Waals surface area contributed by atoms with Gasteiger partial charge in [0.2, 0.25) is 11.8 Å². The Hall–Kier alpha value is -6.20. The molecule has 17 heteroatoms. The van der Waals surface area contributed by atoms with Crippen LogP contribution >= 0.6 is 0 Å². The lowest BCUT2D eigenvalue weighted by Crippen LogP contribution is -2.19. The van der Waals surface area contributed by atoms with E-state index in [0.29, 0.717) is 25.9 Å². The van der Waals surface area contributed by atoms with Crippen molar-refractivity contribution in [2.45, 2.75) is 19.4 Å². The van der Waals surface area contributed by atoms with Crippen molar-refractivity contribution in [3.8, 4) is 17.6 Å². The van der Waals surface area contributed by atoms with Gasteiger partial charge in [-0.1, -0.05) is 30.3 Å². The molecule has 0 bridgehead atoms. The van der Waals surface area contributed by atoms with E-state index in [1.165, 1.54) is 30.3 Å². The number of carboxylic acids is 1. The van der Waals surface area contributed by atoms with E-state index in [2.05, 4.69) is 25.6 Å². The molecule has 0 aliphatic rings. The minimum atomic E-state index is -1.28. The van der Waals surface area contributed by atoms with E-state index in [9.17, 15) is 29.6 Å². The number of benzene rings is 1. The lowest BCUT2D eigenvalue weighted by atomic mass is 10.2. The van der Waals surface area contributed by atoms with Crippen LogP contribution in [-0.2, 0) is 6.61 Å². The number of nitrogens with two attached hydrogens (primary N) is 2. The molecule has 0 fully saturated rings. The van der Waals surface area contributed by atoms with Gasteiger partial charge < -0.3 is 41.4 Å². The van der Waals surface area contributed by atoms with E-state index in [1.807, 2.05) is 6.07 Å². The predicted molar refractivity (Wildman–Crippen MR) is 171 cm³/mol. The molecule has 0 atom stereocenters. The van der Waals surface area contributed by atoms with Crippen molar-refractivity contribution in [1.29, 1.82) is 0 Å². The summed E-state index contributed by atoms with van der Waals surface area (Å²) in [6.45, 7) is 0.833. The smallest absolute Gasteiger partial charge is 0.354 e. The van der Waals surface area contributed by atoms with Crippen molar-refractivity contribution in [2.75, 3.05) is 36.9 Å². The monoisotopic (exact) mass is 660 g/mol. The molecule has 2 amide bonds. The van der Waals surface area contributed by atoms with Crippen LogP contribution in [0.5, 0.6) is 17.6 Å². The number of anilines is 2. The number of ether oxygens (including phenoxy) is 3.